The van der Waals surface area contributed by atoms with Crippen molar-refractivity contribution in [3.63, 3.8) is 0 Å². The molecule has 0 unspecified atom stereocenters. The maximum atomic E-state index is 10.0. The fraction of sp³-hybridized carbons (Fsp3) is 0.421. The number of nitrogens with one attached hydrogen (secondary N) is 2. The maximum absolute atomic E-state index is 10.0. The molecule has 2 aromatic rings. The van der Waals surface area contributed by atoms with E-state index in [1.54, 1.807) is 24.0 Å². The standard InChI is InChI=1S/C19H25N3O3/c1-24-17-10-16(11-18(25-2)19(17)23)14-22-8-6-21(7-9-22)13-15-4-3-5-20-12-15/h3-5,10-12,23H,6-9,13-14H2,1-2H3/p+2. The van der Waals surface area contributed by atoms with E-state index in [0.29, 0.717) is 11.5 Å². The Bertz CT molecular complexity index is 661. The quantitative estimate of drug-likeness (QED) is 0.647. The monoisotopic (exact) mass is 345 g/mol. The SMILES string of the molecule is COc1cc(C[NH+]2CC[NH+](Cc3cccnc3)CC2)cc(OC)c1O. The Balaban J connectivity index is 1.57. The lowest BCUT2D eigenvalue weighted by molar-refractivity contribution is -1.02. The highest BCUT2D eigenvalue weighted by Crippen LogP contribution is 2.36. The van der Waals surface area contributed by atoms with E-state index >= 15 is 0 Å². The van der Waals surface area contributed by atoms with Gasteiger partial charge in [-0.2, -0.15) is 0 Å². The van der Waals surface area contributed by atoms with Gasteiger partial charge >= 0.3 is 0 Å². The van der Waals surface area contributed by atoms with Gasteiger partial charge in [0.1, 0.15) is 39.3 Å². The summed E-state index contributed by atoms with van der Waals surface area (Å²) in [5.74, 6) is 0.999. The molecule has 3 N–H and O–H groups in total. The van der Waals surface area contributed by atoms with E-state index in [0.717, 1.165) is 44.8 Å². The van der Waals surface area contributed by atoms with Crippen molar-refractivity contribution in [3.05, 3.63) is 47.8 Å². The number of benzene rings is 1. The van der Waals surface area contributed by atoms with E-state index < -0.39 is 0 Å². The van der Waals surface area contributed by atoms with E-state index in [1.165, 1.54) is 5.56 Å². The van der Waals surface area contributed by atoms with Gasteiger partial charge in [0.15, 0.2) is 11.5 Å². The first-order chi connectivity index (χ1) is 12.2. The molecular formula is C19H27N3O3+2. The minimum Gasteiger partial charge on any atom is -0.502 e. The number of aromatic nitrogens is 1. The van der Waals surface area contributed by atoms with Crippen molar-refractivity contribution in [2.45, 2.75) is 13.1 Å². The Morgan fingerprint density at radius 1 is 0.960 bits per heavy atom. The first-order valence-electron chi connectivity index (χ1n) is 8.69. The summed E-state index contributed by atoms with van der Waals surface area (Å²) >= 11 is 0. The average Bonchev–Trinajstić information content (AvgIpc) is 2.65. The Hall–Kier alpha value is -2.31. The van der Waals surface area contributed by atoms with Crippen LogP contribution in [0.4, 0.5) is 0 Å². The van der Waals surface area contributed by atoms with Crippen molar-refractivity contribution in [1.82, 2.24) is 4.98 Å². The lowest BCUT2D eigenvalue weighted by atomic mass is 10.1. The highest BCUT2D eigenvalue weighted by Gasteiger charge is 2.24. The molecule has 3 rings (SSSR count). The van der Waals surface area contributed by atoms with Crippen LogP contribution in [0.2, 0.25) is 0 Å². The molecule has 0 bridgehead atoms. The second-order valence-corrected chi connectivity index (χ2v) is 6.56. The third kappa shape index (κ3) is 4.41. The zero-order valence-corrected chi connectivity index (χ0v) is 14.9. The van der Waals surface area contributed by atoms with Crippen LogP contribution in [0.25, 0.3) is 0 Å². The molecule has 0 radical (unpaired) electrons. The summed E-state index contributed by atoms with van der Waals surface area (Å²) in [6.45, 7) is 6.50. The number of phenols is 1. The van der Waals surface area contributed by atoms with Crippen LogP contribution >= 0.6 is 0 Å². The molecule has 1 aliphatic rings. The van der Waals surface area contributed by atoms with Gasteiger partial charge in [-0.1, -0.05) is 6.07 Å². The molecule has 0 amide bonds. The molecule has 1 fully saturated rings. The lowest BCUT2D eigenvalue weighted by Crippen LogP contribution is -3.27. The Morgan fingerprint density at radius 3 is 2.00 bits per heavy atom. The van der Waals surface area contributed by atoms with Gasteiger partial charge in [-0.05, 0) is 18.2 Å². The number of ether oxygens (including phenoxy) is 2. The van der Waals surface area contributed by atoms with Crippen molar-refractivity contribution < 1.29 is 24.4 Å². The number of hydrogen-bond donors (Lipinski definition) is 3. The fourth-order valence-electron chi connectivity index (χ4n) is 3.44. The van der Waals surface area contributed by atoms with Crippen LogP contribution in [0.5, 0.6) is 17.2 Å². The van der Waals surface area contributed by atoms with Gasteiger partial charge in [0, 0.05) is 23.5 Å². The summed E-state index contributed by atoms with van der Waals surface area (Å²) in [5, 5.41) is 10.0. The summed E-state index contributed by atoms with van der Waals surface area (Å²) in [7, 11) is 3.12. The molecule has 0 atom stereocenters. The molecule has 0 saturated carbocycles. The molecule has 1 aromatic carbocycles. The minimum absolute atomic E-state index is 0.0643. The van der Waals surface area contributed by atoms with Crippen LogP contribution in [0.1, 0.15) is 11.1 Å². The number of aromatic hydroxyl groups is 1. The summed E-state index contributed by atoms with van der Waals surface area (Å²) in [6, 6.07) is 7.95. The van der Waals surface area contributed by atoms with E-state index in [1.807, 2.05) is 30.6 Å². The summed E-state index contributed by atoms with van der Waals surface area (Å²) in [5.41, 5.74) is 2.42. The van der Waals surface area contributed by atoms with Crippen molar-refractivity contribution in [1.29, 1.82) is 0 Å². The van der Waals surface area contributed by atoms with E-state index in [9.17, 15) is 5.11 Å². The van der Waals surface area contributed by atoms with Crippen LogP contribution in [0.3, 0.4) is 0 Å². The van der Waals surface area contributed by atoms with Gasteiger partial charge in [-0.15, -0.1) is 0 Å². The molecule has 1 aliphatic heterocycles. The van der Waals surface area contributed by atoms with Gasteiger partial charge < -0.3 is 24.4 Å². The third-order valence-corrected chi connectivity index (χ3v) is 4.83. The van der Waals surface area contributed by atoms with Crippen molar-refractivity contribution in [2.24, 2.45) is 0 Å². The molecule has 6 heteroatoms. The van der Waals surface area contributed by atoms with Gasteiger partial charge in [-0.3, -0.25) is 4.98 Å². The Kier molecular flexibility index (Phi) is 5.73. The largest absolute Gasteiger partial charge is 0.502 e. The highest BCUT2D eigenvalue weighted by molar-refractivity contribution is 5.52. The topological polar surface area (TPSA) is 60.5 Å². The predicted molar refractivity (Wildman–Crippen MR) is 94.2 cm³/mol. The Labute approximate surface area is 148 Å². The number of methoxy groups -OCH3 is 2. The van der Waals surface area contributed by atoms with E-state index in [4.69, 9.17) is 9.47 Å². The Morgan fingerprint density at radius 2 is 1.52 bits per heavy atom. The van der Waals surface area contributed by atoms with Gasteiger partial charge in [0.05, 0.1) is 14.2 Å². The first-order valence-corrected chi connectivity index (χ1v) is 8.69. The number of piperazine rings is 1. The van der Waals surface area contributed by atoms with Gasteiger partial charge in [-0.25, -0.2) is 0 Å². The van der Waals surface area contributed by atoms with Crippen LogP contribution in [-0.2, 0) is 13.1 Å². The van der Waals surface area contributed by atoms with E-state index in [2.05, 4.69) is 11.1 Å². The molecule has 0 aliphatic carbocycles. The third-order valence-electron chi connectivity index (χ3n) is 4.83. The normalized spacial score (nSPS) is 20.2. The molecule has 1 aromatic heterocycles. The lowest BCUT2D eigenvalue weighted by Gasteiger charge is -2.30. The highest BCUT2D eigenvalue weighted by atomic mass is 16.5. The van der Waals surface area contributed by atoms with Crippen LogP contribution in [0, 0.1) is 0 Å². The molecule has 2 heterocycles. The fourth-order valence-corrected chi connectivity index (χ4v) is 3.44. The summed E-state index contributed by atoms with van der Waals surface area (Å²) < 4.78 is 10.5. The molecule has 1 saturated heterocycles. The minimum atomic E-state index is 0.0643. The first kappa shape index (κ1) is 17.5. The zero-order chi connectivity index (χ0) is 17.6. The predicted octanol–water partition coefficient (Wildman–Crippen LogP) is -0.712. The summed E-state index contributed by atoms with van der Waals surface area (Å²) in [4.78, 5) is 7.35. The average molecular weight is 345 g/mol. The number of hydrogen-bond acceptors (Lipinski definition) is 4. The number of rotatable bonds is 6. The second kappa shape index (κ2) is 8.18. The number of quaternary nitrogens is 2. The van der Waals surface area contributed by atoms with Crippen molar-refractivity contribution >= 4 is 0 Å². The van der Waals surface area contributed by atoms with Crippen LogP contribution in [-0.4, -0.2) is 50.5 Å². The van der Waals surface area contributed by atoms with Crippen LogP contribution in [0.15, 0.2) is 36.7 Å². The molecule has 134 valence electrons. The van der Waals surface area contributed by atoms with Gasteiger partial charge in [0.25, 0.3) is 0 Å². The van der Waals surface area contributed by atoms with Crippen molar-refractivity contribution in [2.75, 3.05) is 40.4 Å². The molecule has 25 heavy (non-hydrogen) atoms. The summed E-state index contributed by atoms with van der Waals surface area (Å²) in [6.07, 6.45) is 3.78. The maximum Gasteiger partial charge on any atom is 0.200 e. The van der Waals surface area contributed by atoms with Gasteiger partial charge in [0.2, 0.25) is 5.75 Å². The zero-order valence-electron chi connectivity index (χ0n) is 14.9. The molecular weight excluding hydrogens is 318 g/mol. The number of pyridine rings is 1. The number of nitrogens with zero attached hydrogens (tertiary/aromatic N) is 1. The van der Waals surface area contributed by atoms with E-state index in [-0.39, 0.29) is 5.75 Å². The van der Waals surface area contributed by atoms with Crippen molar-refractivity contribution in [3.8, 4) is 17.2 Å². The smallest absolute Gasteiger partial charge is 0.200 e. The molecule has 6 nitrogen and oxygen atoms in total. The van der Waals surface area contributed by atoms with Crippen LogP contribution < -0.4 is 19.3 Å². The second-order valence-electron chi connectivity index (χ2n) is 6.56. The number of phenolic OH excluding ortho intramolecular Hbond substituents is 1. The molecule has 0 spiro atoms.